The van der Waals surface area contributed by atoms with E-state index in [1.54, 1.807) is 7.05 Å². The van der Waals surface area contributed by atoms with Crippen molar-refractivity contribution in [2.45, 2.75) is 43.4 Å². The first-order chi connectivity index (χ1) is 9.23. The van der Waals surface area contributed by atoms with Crippen molar-refractivity contribution in [2.24, 2.45) is 11.8 Å². The predicted octanol–water partition coefficient (Wildman–Crippen LogP) is 0.521. The van der Waals surface area contributed by atoms with E-state index < -0.39 is 32.9 Å². The summed E-state index contributed by atoms with van der Waals surface area (Å²) in [7, 11) is -1.59. The van der Waals surface area contributed by atoms with E-state index in [-0.39, 0.29) is 11.9 Å². The first-order valence-corrected chi connectivity index (χ1v) is 8.87. The van der Waals surface area contributed by atoms with E-state index in [0.29, 0.717) is 19.3 Å². The van der Waals surface area contributed by atoms with Crippen LogP contribution in [0.25, 0.3) is 0 Å². The number of amides is 1. The average molecular weight is 303 g/mol. The molecule has 2 saturated carbocycles. The van der Waals surface area contributed by atoms with Gasteiger partial charge in [0, 0.05) is 19.3 Å². The summed E-state index contributed by atoms with van der Waals surface area (Å²) >= 11 is 0. The van der Waals surface area contributed by atoms with Crippen molar-refractivity contribution in [3.8, 4) is 0 Å². The molecule has 0 bridgehead atoms. The highest BCUT2D eigenvalue weighted by atomic mass is 32.2. The number of rotatable bonds is 4. The monoisotopic (exact) mass is 303 g/mol. The maximum Gasteiger partial charge on any atom is 0.307 e. The standard InChI is InChI=1S/C13H21NO5S/c1-14(12(15)8-7-9(8)13(16)17)10-5-3-4-6-11(10)20(2,18)19/h8-11H,3-7H2,1-2H3,(H,16,17). The molecule has 2 fully saturated rings. The van der Waals surface area contributed by atoms with Gasteiger partial charge in [-0.1, -0.05) is 12.8 Å². The third-order valence-corrected chi connectivity index (χ3v) is 6.14. The molecule has 4 unspecified atom stereocenters. The van der Waals surface area contributed by atoms with E-state index in [1.807, 2.05) is 0 Å². The topological polar surface area (TPSA) is 91.8 Å². The number of nitrogens with zero attached hydrogens (tertiary/aromatic N) is 1. The lowest BCUT2D eigenvalue weighted by atomic mass is 9.93. The van der Waals surface area contributed by atoms with Crippen molar-refractivity contribution in [3.05, 3.63) is 0 Å². The SMILES string of the molecule is CN(C(=O)C1CC1C(=O)O)C1CCCCC1S(C)(=O)=O. The van der Waals surface area contributed by atoms with Gasteiger partial charge < -0.3 is 10.0 Å². The Balaban J connectivity index is 2.09. The molecule has 0 spiro atoms. The predicted molar refractivity (Wildman–Crippen MR) is 72.9 cm³/mol. The number of hydrogen-bond donors (Lipinski definition) is 1. The molecule has 0 saturated heterocycles. The Hall–Kier alpha value is -1.11. The van der Waals surface area contributed by atoms with Crippen LogP contribution in [0.1, 0.15) is 32.1 Å². The lowest BCUT2D eigenvalue weighted by molar-refractivity contribution is -0.142. The molecule has 2 aliphatic rings. The van der Waals surface area contributed by atoms with Crippen molar-refractivity contribution in [3.63, 3.8) is 0 Å². The molecule has 7 heteroatoms. The maximum atomic E-state index is 12.3. The number of aliphatic carboxylic acids is 1. The second kappa shape index (κ2) is 5.35. The highest BCUT2D eigenvalue weighted by Gasteiger charge is 2.51. The lowest BCUT2D eigenvalue weighted by Gasteiger charge is -2.37. The van der Waals surface area contributed by atoms with Crippen LogP contribution >= 0.6 is 0 Å². The third-order valence-electron chi connectivity index (χ3n) is 4.49. The molecule has 1 amide bonds. The number of carboxylic acids is 1. The third kappa shape index (κ3) is 2.97. The summed E-state index contributed by atoms with van der Waals surface area (Å²) in [6.07, 6.45) is 4.59. The van der Waals surface area contributed by atoms with Crippen LogP contribution in [0.15, 0.2) is 0 Å². The average Bonchev–Trinajstić information content (AvgIpc) is 3.16. The van der Waals surface area contributed by atoms with Crippen LogP contribution in [0, 0.1) is 11.8 Å². The Morgan fingerprint density at radius 3 is 2.25 bits per heavy atom. The van der Waals surface area contributed by atoms with Gasteiger partial charge in [0.25, 0.3) is 0 Å². The molecule has 0 aromatic rings. The van der Waals surface area contributed by atoms with Crippen LogP contribution in [0.4, 0.5) is 0 Å². The quantitative estimate of drug-likeness (QED) is 0.817. The summed E-state index contributed by atoms with van der Waals surface area (Å²) in [4.78, 5) is 24.6. The van der Waals surface area contributed by atoms with Gasteiger partial charge in [0.1, 0.15) is 0 Å². The smallest absolute Gasteiger partial charge is 0.307 e. The Kier molecular flexibility index (Phi) is 4.09. The molecule has 6 nitrogen and oxygen atoms in total. The molecule has 2 aliphatic carbocycles. The summed E-state index contributed by atoms with van der Waals surface area (Å²) in [6.45, 7) is 0. The van der Waals surface area contributed by atoms with Gasteiger partial charge in [-0.25, -0.2) is 8.42 Å². The Morgan fingerprint density at radius 2 is 1.75 bits per heavy atom. The summed E-state index contributed by atoms with van der Waals surface area (Å²) in [5.41, 5.74) is 0. The van der Waals surface area contributed by atoms with E-state index in [2.05, 4.69) is 0 Å². The second-order valence-electron chi connectivity index (χ2n) is 5.96. The van der Waals surface area contributed by atoms with E-state index in [9.17, 15) is 18.0 Å². The summed E-state index contributed by atoms with van der Waals surface area (Å²) < 4.78 is 23.7. The second-order valence-corrected chi connectivity index (χ2v) is 8.22. The lowest BCUT2D eigenvalue weighted by Crippen LogP contribution is -2.49. The minimum Gasteiger partial charge on any atom is -0.481 e. The fraction of sp³-hybridized carbons (Fsp3) is 0.846. The van der Waals surface area contributed by atoms with Crippen molar-refractivity contribution < 1.29 is 23.1 Å². The zero-order valence-electron chi connectivity index (χ0n) is 11.8. The largest absolute Gasteiger partial charge is 0.481 e. The van der Waals surface area contributed by atoms with Crippen LogP contribution < -0.4 is 0 Å². The molecule has 0 aliphatic heterocycles. The van der Waals surface area contributed by atoms with E-state index in [0.717, 1.165) is 12.8 Å². The van der Waals surface area contributed by atoms with Gasteiger partial charge in [-0.3, -0.25) is 9.59 Å². The zero-order chi connectivity index (χ0) is 15.1. The molecule has 20 heavy (non-hydrogen) atoms. The first-order valence-electron chi connectivity index (χ1n) is 6.92. The number of sulfone groups is 1. The minimum absolute atomic E-state index is 0.224. The van der Waals surface area contributed by atoms with Crippen molar-refractivity contribution in [2.75, 3.05) is 13.3 Å². The molecule has 0 radical (unpaired) electrons. The fourth-order valence-electron chi connectivity index (χ4n) is 3.19. The van der Waals surface area contributed by atoms with Gasteiger partial charge >= 0.3 is 5.97 Å². The Labute approximate surface area is 119 Å². The minimum atomic E-state index is -3.20. The first kappa shape index (κ1) is 15.3. The molecule has 114 valence electrons. The normalized spacial score (nSPS) is 33.5. The zero-order valence-corrected chi connectivity index (χ0v) is 12.6. The van der Waals surface area contributed by atoms with Crippen LogP contribution in [0.5, 0.6) is 0 Å². The molecule has 2 rings (SSSR count). The van der Waals surface area contributed by atoms with Crippen LogP contribution in [-0.4, -0.2) is 54.9 Å². The number of carboxylic acid groups (broad SMARTS) is 1. The van der Waals surface area contributed by atoms with Gasteiger partial charge in [0.05, 0.1) is 17.1 Å². The maximum absolute atomic E-state index is 12.3. The highest BCUT2D eigenvalue weighted by molar-refractivity contribution is 7.91. The van der Waals surface area contributed by atoms with Gasteiger partial charge in [0.2, 0.25) is 5.91 Å². The van der Waals surface area contributed by atoms with Crippen LogP contribution in [-0.2, 0) is 19.4 Å². The molecular formula is C13H21NO5S. The summed E-state index contributed by atoms with van der Waals surface area (Å²) in [6, 6.07) is -0.318. The number of carbonyl (C=O) groups is 2. The van der Waals surface area contributed by atoms with Crippen LogP contribution in [0.3, 0.4) is 0 Å². The van der Waals surface area contributed by atoms with Crippen LogP contribution in [0.2, 0.25) is 0 Å². The van der Waals surface area contributed by atoms with E-state index in [4.69, 9.17) is 5.11 Å². The highest BCUT2D eigenvalue weighted by Crippen LogP contribution is 2.41. The van der Waals surface area contributed by atoms with Crippen molar-refractivity contribution >= 4 is 21.7 Å². The van der Waals surface area contributed by atoms with Gasteiger partial charge in [-0.2, -0.15) is 0 Å². The van der Waals surface area contributed by atoms with E-state index in [1.165, 1.54) is 11.2 Å². The Morgan fingerprint density at radius 1 is 1.15 bits per heavy atom. The molecule has 1 N–H and O–H groups in total. The van der Waals surface area contributed by atoms with E-state index >= 15 is 0 Å². The summed E-state index contributed by atoms with van der Waals surface area (Å²) in [5, 5.41) is 8.36. The number of carbonyl (C=O) groups excluding carboxylic acids is 1. The molecule has 4 atom stereocenters. The van der Waals surface area contributed by atoms with Crippen molar-refractivity contribution in [1.29, 1.82) is 0 Å². The van der Waals surface area contributed by atoms with Gasteiger partial charge in [-0.15, -0.1) is 0 Å². The number of hydrogen-bond acceptors (Lipinski definition) is 4. The molecule has 0 aromatic carbocycles. The fourth-order valence-corrected chi connectivity index (χ4v) is 4.67. The molecule has 0 heterocycles. The van der Waals surface area contributed by atoms with Crippen molar-refractivity contribution in [1.82, 2.24) is 4.90 Å². The Bertz CT molecular complexity index is 515. The van der Waals surface area contributed by atoms with Gasteiger partial charge in [-0.05, 0) is 19.3 Å². The summed E-state index contributed by atoms with van der Waals surface area (Å²) in [5.74, 6) is -2.23. The molecular weight excluding hydrogens is 282 g/mol. The van der Waals surface area contributed by atoms with Gasteiger partial charge in [0.15, 0.2) is 9.84 Å². The molecule has 0 aromatic heterocycles.